The summed E-state index contributed by atoms with van der Waals surface area (Å²) in [5.74, 6) is 0.706. The van der Waals surface area contributed by atoms with Gasteiger partial charge in [-0.3, -0.25) is 14.6 Å². The maximum atomic E-state index is 12.3. The molecule has 0 bridgehead atoms. The molecule has 0 saturated carbocycles. The normalized spacial score (nSPS) is 14.9. The molecule has 0 spiro atoms. The Morgan fingerprint density at radius 2 is 1.56 bits per heavy atom. The molecule has 0 aromatic heterocycles. The first-order valence-electron chi connectivity index (χ1n) is 11.7. The van der Waals surface area contributed by atoms with Gasteiger partial charge in [-0.25, -0.2) is 5.43 Å². The van der Waals surface area contributed by atoms with E-state index in [9.17, 15) is 4.79 Å². The van der Waals surface area contributed by atoms with Gasteiger partial charge in [0.25, 0.3) is 5.91 Å². The number of piperazine rings is 1. The predicted octanol–water partition coefficient (Wildman–Crippen LogP) is 3.84. The van der Waals surface area contributed by atoms with E-state index in [0.717, 1.165) is 49.6 Å². The quantitative estimate of drug-likeness (QED) is 0.393. The van der Waals surface area contributed by atoms with E-state index >= 15 is 0 Å². The van der Waals surface area contributed by atoms with Crippen molar-refractivity contribution in [1.29, 1.82) is 0 Å². The Hall–Kier alpha value is -3.48. The molecular formula is C28H32N4O2. The molecule has 1 aliphatic rings. The number of carbonyl (C=O) groups is 1. The number of carbonyl (C=O) groups excluding carboxylic acids is 1. The Morgan fingerprint density at radius 3 is 2.26 bits per heavy atom. The summed E-state index contributed by atoms with van der Waals surface area (Å²) in [6, 6.07) is 26.4. The molecule has 1 amide bonds. The molecule has 0 radical (unpaired) electrons. The predicted molar refractivity (Wildman–Crippen MR) is 136 cm³/mol. The van der Waals surface area contributed by atoms with E-state index in [1.807, 2.05) is 54.6 Å². The number of ether oxygens (including phenoxy) is 1. The van der Waals surface area contributed by atoms with Crippen LogP contribution >= 0.6 is 0 Å². The first-order valence-corrected chi connectivity index (χ1v) is 11.7. The van der Waals surface area contributed by atoms with Crippen molar-refractivity contribution in [3.8, 4) is 5.75 Å². The van der Waals surface area contributed by atoms with Crippen molar-refractivity contribution in [3.63, 3.8) is 0 Å². The fourth-order valence-corrected chi connectivity index (χ4v) is 3.87. The van der Waals surface area contributed by atoms with Crippen LogP contribution in [0.15, 0.2) is 84.0 Å². The fraction of sp³-hybridized carbons (Fsp3) is 0.286. The van der Waals surface area contributed by atoms with Gasteiger partial charge in [-0.1, -0.05) is 60.2 Å². The second-order valence-corrected chi connectivity index (χ2v) is 8.67. The van der Waals surface area contributed by atoms with Crippen LogP contribution in [0, 0.1) is 6.92 Å². The minimum absolute atomic E-state index is 0.0916. The molecule has 1 N–H and O–H groups in total. The van der Waals surface area contributed by atoms with Gasteiger partial charge >= 0.3 is 0 Å². The van der Waals surface area contributed by atoms with Gasteiger partial charge in [-0.15, -0.1) is 0 Å². The minimum Gasteiger partial charge on any atom is -0.489 e. The minimum atomic E-state index is -0.0916. The van der Waals surface area contributed by atoms with Gasteiger partial charge in [0.05, 0.1) is 12.8 Å². The Bertz CT molecular complexity index is 1060. The standard InChI is InChI=1S/C28H32N4O2/c1-23-7-9-25(10-8-23)20-31-15-17-32(18-16-31)21-28(33)30-29-19-24-11-13-27(14-12-24)34-22-26-5-3-2-4-6-26/h2-14,19H,15-18,20-22H2,1H3,(H,30,33)/b29-19+. The second kappa shape index (κ2) is 12.1. The lowest BCUT2D eigenvalue weighted by atomic mass is 10.1. The highest BCUT2D eigenvalue weighted by Crippen LogP contribution is 2.13. The Morgan fingerprint density at radius 1 is 0.882 bits per heavy atom. The smallest absolute Gasteiger partial charge is 0.254 e. The summed E-state index contributed by atoms with van der Waals surface area (Å²) in [6.45, 7) is 7.65. The third kappa shape index (κ3) is 7.54. The monoisotopic (exact) mass is 456 g/mol. The zero-order valence-corrected chi connectivity index (χ0v) is 19.7. The van der Waals surface area contributed by atoms with E-state index in [2.05, 4.69) is 51.5 Å². The van der Waals surface area contributed by atoms with E-state index in [-0.39, 0.29) is 5.91 Å². The van der Waals surface area contributed by atoms with E-state index in [4.69, 9.17) is 4.74 Å². The van der Waals surface area contributed by atoms with Crippen molar-refractivity contribution in [1.82, 2.24) is 15.2 Å². The number of hydrazone groups is 1. The number of hydrogen-bond donors (Lipinski definition) is 1. The topological polar surface area (TPSA) is 57.2 Å². The molecule has 3 aromatic carbocycles. The molecule has 1 aliphatic heterocycles. The van der Waals surface area contributed by atoms with Crippen LogP contribution in [0.3, 0.4) is 0 Å². The number of nitrogens with zero attached hydrogens (tertiary/aromatic N) is 3. The van der Waals surface area contributed by atoms with Gasteiger partial charge in [0.15, 0.2) is 0 Å². The van der Waals surface area contributed by atoms with E-state index in [1.54, 1.807) is 6.21 Å². The first-order chi connectivity index (χ1) is 16.6. The lowest BCUT2D eigenvalue weighted by molar-refractivity contribution is -0.122. The fourth-order valence-electron chi connectivity index (χ4n) is 3.87. The number of benzene rings is 3. The van der Waals surface area contributed by atoms with Crippen LogP contribution in [-0.2, 0) is 17.9 Å². The average molecular weight is 457 g/mol. The number of hydrogen-bond acceptors (Lipinski definition) is 5. The van der Waals surface area contributed by atoms with Crippen molar-refractivity contribution in [3.05, 3.63) is 101 Å². The third-order valence-corrected chi connectivity index (χ3v) is 5.89. The number of rotatable bonds is 9. The Labute approximate surface area is 201 Å². The summed E-state index contributed by atoms with van der Waals surface area (Å²) in [6.07, 6.45) is 1.65. The lowest BCUT2D eigenvalue weighted by Gasteiger charge is -2.34. The van der Waals surface area contributed by atoms with Crippen molar-refractivity contribution in [2.45, 2.75) is 20.1 Å². The molecule has 34 heavy (non-hydrogen) atoms. The van der Waals surface area contributed by atoms with Crippen molar-refractivity contribution in [2.24, 2.45) is 5.10 Å². The van der Waals surface area contributed by atoms with E-state index in [1.165, 1.54) is 11.1 Å². The van der Waals surface area contributed by atoms with Crippen LogP contribution in [0.5, 0.6) is 5.75 Å². The summed E-state index contributed by atoms with van der Waals surface area (Å²) in [5.41, 5.74) is 7.29. The molecule has 0 aliphatic carbocycles. The largest absolute Gasteiger partial charge is 0.489 e. The van der Waals surface area contributed by atoms with Gasteiger partial charge in [0.1, 0.15) is 12.4 Å². The maximum Gasteiger partial charge on any atom is 0.254 e. The number of nitrogens with one attached hydrogen (secondary N) is 1. The van der Waals surface area contributed by atoms with Crippen LogP contribution in [-0.4, -0.2) is 54.6 Å². The Balaban J connectivity index is 1.14. The molecule has 1 saturated heterocycles. The molecule has 176 valence electrons. The van der Waals surface area contributed by atoms with Gasteiger partial charge in [0, 0.05) is 32.7 Å². The van der Waals surface area contributed by atoms with E-state index < -0.39 is 0 Å². The highest BCUT2D eigenvalue weighted by atomic mass is 16.5. The van der Waals surface area contributed by atoms with Crippen molar-refractivity contribution < 1.29 is 9.53 Å². The van der Waals surface area contributed by atoms with Gasteiger partial charge in [-0.2, -0.15) is 5.10 Å². The van der Waals surface area contributed by atoms with Gasteiger partial charge < -0.3 is 4.74 Å². The van der Waals surface area contributed by atoms with E-state index in [0.29, 0.717) is 13.2 Å². The number of amides is 1. The second-order valence-electron chi connectivity index (χ2n) is 8.67. The first kappa shape index (κ1) is 23.7. The highest BCUT2D eigenvalue weighted by Gasteiger charge is 2.18. The third-order valence-electron chi connectivity index (χ3n) is 5.89. The van der Waals surface area contributed by atoms with Crippen LogP contribution in [0.1, 0.15) is 22.3 Å². The molecular weight excluding hydrogens is 424 g/mol. The molecule has 1 fully saturated rings. The van der Waals surface area contributed by atoms with Crippen LogP contribution in [0.4, 0.5) is 0 Å². The van der Waals surface area contributed by atoms with Crippen molar-refractivity contribution in [2.75, 3.05) is 32.7 Å². The van der Waals surface area contributed by atoms with Crippen LogP contribution in [0.25, 0.3) is 0 Å². The molecule has 3 aromatic rings. The van der Waals surface area contributed by atoms with Gasteiger partial charge in [0.2, 0.25) is 0 Å². The molecule has 6 nitrogen and oxygen atoms in total. The van der Waals surface area contributed by atoms with Crippen LogP contribution < -0.4 is 10.2 Å². The zero-order valence-electron chi connectivity index (χ0n) is 19.7. The zero-order chi connectivity index (χ0) is 23.6. The molecule has 6 heteroatoms. The van der Waals surface area contributed by atoms with Crippen molar-refractivity contribution >= 4 is 12.1 Å². The molecule has 0 atom stereocenters. The molecule has 0 unspecified atom stereocenters. The summed E-state index contributed by atoms with van der Waals surface area (Å²) in [4.78, 5) is 16.9. The summed E-state index contributed by atoms with van der Waals surface area (Å²) in [5, 5.41) is 4.11. The summed E-state index contributed by atoms with van der Waals surface area (Å²) in [7, 11) is 0. The summed E-state index contributed by atoms with van der Waals surface area (Å²) >= 11 is 0. The average Bonchev–Trinajstić information content (AvgIpc) is 2.87. The lowest BCUT2D eigenvalue weighted by Crippen LogP contribution is -2.48. The van der Waals surface area contributed by atoms with Crippen LogP contribution in [0.2, 0.25) is 0 Å². The molecule has 1 heterocycles. The number of aryl methyl sites for hydroxylation is 1. The highest BCUT2D eigenvalue weighted by molar-refractivity contribution is 5.83. The summed E-state index contributed by atoms with van der Waals surface area (Å²) < 4.78 is 5.80. The molecule has 4 rings (SSSR count). The Kier molecular flexibility index (Phi) is 8.43. The maximum absolute atomic E-state index is 12.3. The SMILES string of the molecule is Cc1ccc(CN2CCN(CC(=O)N/N=C/c3ccc(OCc4ccccc4)cc3)CC2)cc1. The van der Waals surface area contributed by atoms with Gasteiger partial charge in [-0.05, 0) is 47.9 Å².